The van der Waals surface area contributed by atoms with Gasteiger partial charge in [-0.15, -0.1) is 0 Å². The largest absolute Gasteiger partial charge is 0.380 e. The van der Waals surface area contributed by atoms with E-state index in [-0.39, 0.29) is 5.28 Å². The molecule has 0 unspecified atom stereocenters. The maximum absolute atomic E-state index is 5.78. The SMILES string of the molecule is Clc1ncc(Br)c(N2CCCOCC2)n1. The van der Waals surface area contributed by atoms with Crippen LogP contribution in [0.5, 0.6) is 0 Å². The van der Waals surface area contributed by atoms with Crippen molar-refractivity contribution in [3.63, 3.8) is 0 Å². The lowest BCUT2D eigenvalue weighted by atomic mass is 10.4. The van der Waals surface area contributed by atoms with Gasteiger partial charge in [0, 0.05) is 25.9 Å². The second-order valence-electron chi connectivity index (χ2n) is 3.26. The molecular weight excluding hydrogens is 281 g/mol. The number of ether oxygens (including phenoxy) is 1. The monoisotopic (exact) mass is 291 g/mol. The zero-order valence-electron chi connectivity index (χ0n) is 8.12. The summed E-state index contributed by atoms with van der Waals surface area (Å²) < 4.78 is 6.25. The molecule has 82 valence electrons. The van der Waals surface area contributed by atoms with E-state index in [1.165, 1.54) is 0 Å². The van der Waals surface area contributed by atoms with Gasteiger partial charge >= 0.3 is 0 Å². The third kappa shape index (κ3) is 2.80. The molecule has 1 aliphatic rings. The van der Waals surface area contributed by atoms with Crippen LogP contribution in [0.2, 0.25) is 5.28 Å². The molecule has 0 spiro atoms. The first-order valence-electron chi connectivity index (χ1n) is 4.78. The fourth-order valence-electron chi connectivity index (χ4n) is 1.52. The van der Waals surface area contributed by atoms with Gasteiger partial charge < -0.3 is 9.64 Å². The molecule has 2 rings (SSSR count). The lowest BCUT2D eigenvalue weighted by Gasteiger charge is -2.21. The van der Waals surface area contributed by atoms with Gasteiger partial charge in [0.05, 0.1) is 11.1 Å². The number of hydrogen-bond donors (Lipinski definition) is 0. The van der Waals surface area contributed by atoms with Gasteiger partial charge in [-0.05, 0) is 34.0 Å². The summed E-state index contributed by atoms with van der Waals surface area (Å²) in [4.78, 5) is 10.3. The average Bonchev–Trinajstić information content (AvgIpc) is 2.50. The Morgan fingerprint density at radius 1 is 1.40 bits per heavy atom. The summed E-state index contributed by atoms with van der Waals surface area (Å²) >= 11 is 9.20. The normalized spacial score (nSPS) is 17.6. The molecule has 1 saturated heterocycles. The first-order chi connectivity index (χ1) is 7.27. The Morgan fingerprint density at radius 2 is 2.27 bits per heavy atom. The second-order valence-corrected chi connectivity index (χ2v) is 4.46. The van der Waals surface area contributed by atoms with Gasteiger partial charge in [0.2, 0.25) is 5.28 Å². The van der Waals surface area contributed by atoms with Crippen molar-refractivity contribution >= 4 is 33.3 Å². The van der Waals surface area contributed by atoms with E-state index in [9.17, 15) is 0 Å². The number of hydrogen-bond acceptors (Lipinski definition) is 4. The molecule has 0 aliphatic carbocycles. The highest BCUT2D eigenvalue weighted by Crippen LogP contribution is 2.24. The first-order valence-corrected chi connectivity index (χ1v) is 5.95. The molecule has 0 N–H and O–H groups in total. The molecule has 0 bridgehead atoms. The zero-order valence-corrected chi connectivity index (χ0v) is 10.5. The highest BCUT2D eigenvalue weighted by Gasteiger charge is 2.14. The van der Waals surface area contributed by atoms with Crippen LogP contribution < -0.4 is 4.90 Å². The van der Waals surface area contributed by atoms with Crippen molar-refractivity contribution < 1.29 is 4.74 Å². The molecule has 4 nitrogen and oxygen atoms in total. The van der Waals surface area contributed by atoms with Crippen LogP contribution in [0.25, 0.3) is 0 Å². The molecule has 15 heavy (non-hydrogen) atoms. The minimum absolute atomic E-state index is 0.276. The summed E-state index contributed by atoms with van der Waals surface area (Å²) in [5, 5.41) is 0.276. The van der Waals surface area contributed by atoms with Crippen molar-refractivity contribution in [2.75, 3.05) is 31.2 Å². The highest BCUT2D eigenvalue weighted by atomic mass is 79.9. The van der Waals surface area contributed by atoms with Crippen LogP contribution in [0.3, 0.4) is 0 Å². The molecule has 1 aromatic heterocycles. The van der Waals surface area contributed by atoms with E-state index >= 15 is 0 Å². The summed E-state index contributed by atoms with van der Waals surface area (Å²) in [6.07, 6.45) is 2.68. The van der Waals surface area contributed by atoms with E-state index in [4.69, 9.17) is 16.3 Å². The van der Waals surface area contributed by atoms with Crippen LogP contribution >= 0.6 is 27.5 Å². The zero-order chi connectivity index (χ0) is 10.7. The van der Waals surface area contributed by atoms with Gasteiger partial charge in [-0.25, -0.2) is 4.98 Å². The Hall–Kier alpha value is -0.390. The summed E-state index contributed by atoms with van der Waals surface area (Å²) in [6.45, 7) is 3.32. The first kappa shape index (κ1) is 11.1. The fourth-order valence-corrected chi connectivity index (χ4v) is 2.09. The third-order valence-corrected chi connectivity index (χ3v) is 2.96. The fraction of sp³-hybridized carbons (Fsp3) is 0.556. The summed E-state index contributed by atoms with van der Waals surface area (Å²) in [7, 11) is 0. The molecule has 1 fully saturated rings. The Labute approximate surface area is 102 Å². The minimum Gasteiger partial charge on any atom is -0.380 e. The van der Waals surface area contributed by atoms with Crippen molar-refractivity contribution in [1.82, 2.24) is 9.97 Å². The van der Waals surface area contributed by atoms with Crippen molar-refractivity contribution in [1.29, 1.82) is 0 Å². The van der Waals surface area contributed by atoms with Gasteiger partial charge in [-0.2, -0.15) is 4.98 Å². The number of rotatable bonds is 1. The van der Waals surface area contributed by atoms with E-state index in [2.05, 4.69) is 30.8 Å². The topological polar surface area (TPSA) is 38.2 Å². The number of aromatic nitrogens is 2. The van der Waals surface area contributed by atoms with Crippen LogP contribution in [0.4, 0.5) is 5.82 Å². The molecule has 0 aromatic carbocycles. The standard InChI is InChI=1S/C9H11BrClN3O/c10-7-6-12-9(11)13-8(7)14-2-1-4-15-5-3-14/h6H,1-5H2. The van der Waals surface area contributed by atoms with Crippen molar-refractivity contribution in [3.8, 4) is 0 Å². The average molecular weight is 293 g/mol. The Morgan fingerprint density at radius 3 is 3.13 bits per heavy atom. The third-order valence-electron chi connectivity index (χ3n) is 2.22. The van der Waals surface area contributed by atoms with Crippen molar-refractivity contribution in [3.05, 3.63) is 16.0 Å². The molecule has 0 saturated carbocycles. The Kier molecular flexibility index (Phi) is 3.77. The van der Waals surface area contributed by atoms with Gasteiger partial charge in [-0.3, -0.25) is 0 Å². The van der Waals surface area contributed by atoms with Gasteiger partial charge in [0.25, 0.3) is 0 Å². The quantitative estimate of drug-likeness (QED) is 0.743. The van der Waals surface area contributed by atoms with E-state index in [1.54, 1.807) is 6.20 Å². The number of halogens is 2. The van der Waals surface area contributed by atoms with E-state index in [0.29, 0.717) is 0 Å². The molecule has 1 aliphatic heterocycles. The van der Waals surface area contributed by atoms with Gasteiger partial charge in [-0.1, -0.05) is 0 Å². The lowest BCUT2D eigenvalue weighted by Crippen LogP contribution is -2.27. The lowest BCUT2D eigenvalue weighted by molar-refractivity contribution is 0.152. The van der Waals surface area contributed by atoms with E-state index < -0.39 is 0 Å². The van der Waals surface area contributed by atoms with Crippen LogP contribution in [0.1, 0.15) is 6.42 Å². The molecule has 6 heteroatoms. The Balaban J connectivity index is 2.22. The predicted octanol–water partition coefficient (Wildman–Crippen LogP) is 2.12. The summed E-state index contributed by atoms with van der Waals surface area (Å²) in [6, 6.07) is 0. The Bertz CT molecular complexity index is 342. The highest BCUT2D eigenvalue weighted by molar-refractivity contribution is 9.10. The molecule has 1 aromatic rings. The maximum Gasteiger partial charge on any atom is 0.224 e. The molecular formula is C9H11BrClN3O. The molecule has 0 amide bonds. The maximum atomic E-state index is 5.78. The number of nitrogens with zero attached hydrogens (tertiary/aromatic N) is 3. The van der Waals surface area contributed by atoms with Crippen LogP contribution in [-0.2, 0) is 4.74 Å². The second kappa shape index (κ2) is 5.09. The van der Waals surface area contributed by atoms with E-state index in [1.807, 2.05) is 0 Å². The number of anilines is 1. The van der Waals surface area contributed by atoms with Crippen LogP contribution in [-0.4, -0.2) is 36.3 Å². The molecule has 0 radical (unpaired) electrons. The van der Waals surface area contributed by atoms with E-state index in [0.717, 1.165) is 43.0 Å². The van der Waals surface area contributed by atoms with Gasteiger partial charge in [0.15, 0.2) is 0 Å². The van der Waals surface area contributed by atoms with Crippen LogP contribution in [0, 0.1) is 0 Å². The predicted molar refractivity (Wildman–Crippen MR) is 62.4 cm³/mol. The summed E-state index contributed by atoms with van der Waals surface area (Å²) in [5.74, 6) is 0.848. The molecule has 2 heterocycles. The molecule has 0 atom stereocenters. The van der Waals surface area contributed by atoms with Crippen molar-refractivity contribution in [2.45, 2.75) is 6.42 Å². The van der Waals surface area contributed by atoms with Crippen molar-refractivity contribution in [2.24, 2.45) is 0 Å². The minimum atomic E-state index is 0.276. The van der Waals surface area contributed by atoms with Crippen LogP contribution in [0.15, 0.2) is 10.7 Å². The van der Waals surface area contributed by atoms with Gasteiger partial charge in [0.1, 0.15) is 5.82 Å². The smallest absolute Gasteiger partial charge is 0.224 e. The summed E-state index contributed by atoms with van der Waals surface area (Å²) in [5.41, 5.74) is 0.